The minimum atomic E-state index is -0.641. The van der Waals surface area contributed by atoms with E-state index in [1.807, 2.05) is 0 Å². The molecule has 3 heteroatoms. The van der Waals surface area contributed by atoms with Gasteiger partial charge < -0.3 is 0 Å². The zero-order valence-corrected chi connectivity index (χ0v) is 11.2. The van der Waals surface area contributed by atoms with E-state index in [0.717, 1.165) is 18.4 Å². The number of hydrogen-bond donors (Lipinski definition) is 0. The van der Waals surface area contributed by atoms with Crippen molar-refractivity contribution in [1.82, 2.24) is 9.97 Å². The molecule has 0 saturated heterocycles. The minimum Gasteiger partial charge on any atom is -0.210 e. The highest BCUT2D eigenvalue weighted by Crippen LogP contribution is 2.32. The van der Waals surface area contributed by atoms with Gasteiger partial charge in [0.2, 0.25) is 0 Å². The highest BCUT2D eigenvalue weighted by atomic mass is 19.1. The van der Waals surface area contributed by atoms with Crippen molar-refractivity contribution < 1.29 is 4.39 Å². The highest BCUT2D eigenvalue weighted by Gasteiger charge is 2.24. The summed E-state index contributed by atoms with van der Waals surface area (Å²) in [4.78, 5) is 7.32. The van der Waals surface area contributed by atoms with Crippen LogP contribution >= 0.6 is 0 Å². The van der Waals surface area contributed by atoms with Crippen molar-refractivity contribution in [2.75, 3.05) is 0 Å². The van der Waals surface area contributed by atoms with Gasteiger partial charge in [-0.25, -0.2) is 9.97 Å². The SMILES string of the molecule is CCCCCCC(C)(CC)c1cnc(F)nc1. The Morgan fingerprint density at radius 1 is 1.12 bits per heavy atom. The number of hydrogen-bond acceptors (Lipinski definition) is 2. The number of aromatic nitrogens is 2. The molecule has 17 heavy (non-hydrogen) atoms. The van der Waals surface area contributed by atoms with E-state index in [0.29, 0.717) is 0 Å². The van der Waals surface area contributed by atoms with Gasteiger partial charge in [-0.2, -0.15) is 4.39 Å². The summed E-state index contributed by atoms with van der Waals surface area (Å²) in [7, 11) is 0. The van der Waals surface area contributed by atoms with Crippen LogP contribution in [0, 0.1) is 6.08 Å². The Balaban J connectivity index is 2.63. The fourth-order valence-corrected chi connectivity index (χ4v) is 2.09. The van der Waals surface area contributed by atoms with Crippen LogP contribution in [-0.4, -0.2) is 9.97 Å². The molecule has 0 aliphatic heterocycles. The molecule has 1 unspecified atom stereocenters. The molecule has 0 bridgehead atoms. The van der Waals surface area contributed by atoms with Gasteiger partial charge in [-0.05, 0) is 23.8 Å². The molecule has 1 aromatic rings. The second-order valence-electron chi connectivity index (χ2n) is 4.97. The van der Waals surface area contributed by atoms with Crippen LogP contribution in [0.15, 0.2) is 12.4 Å². The Labute approximate surface area is 104 Å². The van der Waals surface area contributed by atoms with Gasteiger partial charge in [0, 0.05) is 12.4 Å². The fourth-order valence-electron chi connectivity index (χ4n) is 2.09. The Morgan fingerprint density at radius 3 is 2.29 bits per heavy atom. The monoisotopic (exact) mass is 238 g/mol. The Bertz CT molecular complexity index is 323. The molecule has 1 heterocycles. The summed E-state index contributed by atoms with van der Waals surface area (Å²) in [6.07, 6.45) is 9.81. The molecule has 0 N–H and O–H groups in total. The maximum atomic E-state index is 12.7. The standard InChI is InChI=1S/C14H23FN2/c1-4-6-7-8-9-14(3,5-2)12-10-16-13(15)17-11-12/h10-11H,4-9H2,1-3H3. The number of halogens is 1. The fraction of sp³-hybridized carbons (Fsp3) is 0.714. The quantitative estimate of drug-likeness (QED) is 0.524. The highest BCUT2D eigenvalue weighted by molar-refractivity contribution is 5.17. The molecule has 1 aromatic heterocycles. The lowest BCUT2D eigenvalue weighted by Crippen LogP contribution is -2.21. The molecule has 2 nitrogen and oxygen atoms in total. The van der Waals surface area contributed by atoms with Gasteiger partial charge in [-0.3, -0.25) is 0 Å². The normalized spacial score (nSPS) is 14.6. The first kappa shape index (κ1) is 14.1. The molecule has 96 valence electrons. The van der Waals surface area contributed by atoms with E-state index in [-0.39, 0.29) is 5.41 Å². The number of rotatable bonds is 7. The molecule has 0 saturated carbocycles. The third-order valence-electron chi connectivity index (χ3n) is 3.68. The van der Waals surface area contributed by atoms with Crippen molar-refractivity contribution in [3.8, 4) is 0 Å². The third kappa shape index (κ3) is 4.06. The average Bonchev–Trinajstić information content (AvgIpc) is 2.35. The lowest BCUT2D eigenvalue weighted by atomic mass is 9.77. The van der Waals surface area contributed by atoms with Crippen molar-refractivity contribution in [2.45, 2.75) is 64.7 Å². The van der Waals surface area contributed by atoms with Gasteiger partial charge in [-0.1, -0.05) is 46.5 Å². The predicted octanol–water partition coefficient (Wildman–Crippen LogP) is 4.25. The van der Waals surface area contributed by atoms with Crippen LogP contribution in [0.2, 0.25) is 0 Å². The Hall–Kier alpha value is -0.990. The maximum absolute atomic E-state index is 12.7. The van der Waals surface area contributed by atoms with E-state index in [2.05, 4.69) is 30.7 Å². The van der Waals surface area contributed by atoms with Gasteiger partial charge in [0.1, 0.15) is 0 Å². The summed E-state index contributed by atoms with van der Waals surface area (Å²) in [5.41, 5.74) is 1.14. The van der Waals surface area contributed by atoms with Crippen LogP contribution in [-0.2, 0) is 5.41 Å². The van der Waals surface area contributed by atoms with E-state index >= 15 is 0 Å². The average molecular weight is 238 g/mol. The smallest absolute Gasteiger partial charge is 0.210 e. The predicted molar refractivity (Wildman–Crippen MR) is 68.4 cm³/mol. The number of nitrogens with zero attached hydrogens (tertiary/aromatic N) is 2. The summed E-state index contributed by atoms with van der Waals surface area (Å²) in [6.45, 7) is 6.60. The molecule has 0 aromatic carbocycles. The van der Waals surface area contributed by atoms with E-state index in [1.165, 1.54) is 25.7 Å². The first-order valence-electron chi connectivity index (χ1n) is 6.60. The van der Waals surface area contributed by atoms with Gasteiger partial charge >= 0.3 is 6.08 Å². The third-order valence-corrected chi connectivity index (χ3v) is 3.68. The maximum Gasteiger partial charge on any atom is 0.308 e. The molecule has 0 radical (unpaired) electrons. The summed E-state index contributed by atoms with van der Waals surface area (Å²) >= 11 is 0. The van der Waals surface area contributed by atoms with Gasteiger partial charge in [0.25, 0.3) is 0 Å². The Morgan fingerprint density at radius 2 is 1.76 bits per heavy atom. The Kier molecular flexibility index (Phi) is 5.52. The van der Waals surface area contributed by atoms with Gasteiger partial charge in [0.15, 0.2) is 0 Å². The summed E-state index contributed by atoms with van der Waals surface area (Å²) in [6, 6.07) is 0. The van der Waals surface area contributed by atoms with Crippen LogP contribution in [0.4, 0.5) is 4.39 Å². The van der Waals surface area contributed by atoms with Crippen molar-refractivity contribution in [1.29, 1.82) is 0 Å². The summed E-state index contributed by atoms with van der Waals surface area (Å²) < 4.78 is 12.7. The molecular weight excluding hydrogens is 215 g/mol. The summed E-state index contributed by atoms with van der Waals surface area (Å²) in [5.74, 6) is 0. The van der Waals surface area contributed by atoms with Crippen LogP contribution in [0.3, 0.4) is 0 Å². The molecule has 1 atom stereocenters. The zero-order valence-electron chi connectivity index (χ0n) is 11.2. The van der Waals surface area contributed by atoms with E-state index in [1.54, 1.807) is 12.4 Å². The second-order valence-corrected chi connectivity index (χ2v) is 4.97. The topological polar surface area (TPSA) is 25.8 Å². The van der Waals surface area contributed by atoms with Crippen molar-refractivity contribution in [2.24, 2.45) is 0 Å². The molecule has 0 amide bonds. The minimum absolute atomic E-state index is 0.0848. The van der Waals surface area contributed by atoms with Crippen LogP contribution in [0.5, 0.6) is 0 Å². The first-order chi connectivity index (χ1) is 8.12. The molecule has 0 aliphatic carbocycles. The van der Waals surface area contributed by atoms with Crippen LogP contribution < -0.4 is 0 Å². The van der Waals surface area contributed by atoms with E-state index < -0.39 is 6.08 Å². The molecule has 1 rings (SSSR count). The van der Waals surface area contributed by atoms with Crippen molar-refractivity contribution in [3.63, 3.8) is 0 Å². The lowest BCUT2D eigenvalue weighted by molar-refractivity contribution is 0.390. The van der Waals surface area contributed by atoms with E-state index in [4.69, 9.17) is 0 Å². The largest absolute Gasteiger partial charge is 0.308 e. The molecule has 0 fully saturated rings. The van der Waals surface area contributed by atoms with Crippen LogP contribution in [0.25, 0.3) is 0 Å². The molecule has 0 aliphatic rings. The second kappa shape index (κ2) is 6.67. The first-order valence-corrected chi connectivity index (χ1v) is 6.60. The summed E-state index contributed by atoms with van der Waals surface area (Å²) in [5, 5.41) is 0. The zero-order chi connectivity index (χ0) is 12.7. The van der Waals surface area contributed by atoms with Crippen LogP contribution in [0.1, 0.15) is 64.9 Å². The lowest BCUT2D eigenvalue weighted by Gasteiger charge is -2.28. The van der Waals surface area contributed by atoms with Gasteiger partial charge in [0.05, 0.1) is 0 Å². The van der Waals surface area contributed by atoms with Crippen molar-refractivity contribution >= 4 is 0 Å². The van der Waals surface area contributed by atoms with E-state index in [9.17, 15) is 4.39 Å². The number of unbranched alkanes of at least 4 members (excludes halogenated alkanes) is 3. The molecule has 0 spiro atoms. The molecular formula is C14H23FN2. The van der Waals surface area contributed by atoms with Crippen molar-refractivity contribution in [3.05, 3.63) is 24.0 Å². The van der Waals surface area contributed by atoms with Gasteiger partial charge in [-0.15, -0.1) is 0 Å².